The Bertz CT molecular complexity index is 341. The van der Waals surface area contributed by atoms with Crippen LogP contribution in [0.1, 0.15) is 38.8 Å². The van der Waals surface area contributed by atoms with E-state index in [0.717, 1.165) is 26.2 Å². The fraction of sp³-hybridized carbons (Fsp3) is 0.786. The van der Waals surface area contributed by atoms with Crippen LogP contribution in [0.3, 0.4) is 0 Å². The van der Waals surface area contributed by atoms with E-state index in [2.05, 4.69) is 39.9 Å². The molecule has 102 valence electrons. The lowest BCUT2D eigenvalue weighted by Gasteiger charge is -2.29. The van der Waals surface area contributed by atoms with E-state index in [9.17, 15) is 0 Å². The van der Waals surface area contributed by atoms with Crippen LogP contribution in [0.2, 0.25) is 0 Å². The van der Waals surface area contributed by atoms with Gasteiger partial charge in [0.1, 0.15) is 0 Å². The average Bonchev–Trinajstić information content (AvgIpc) is 2.86. The van der Waals surface area contributed by atoms with Gasteiger partial charge in [0.15, 0.2) is 0 Å². The Kier molecular flexibility index (Phi) is 5.20. The van der Waals surface area contributed by atoms with Crippen LogP contribution >= 0.6 is 0 Å². The summed E-state index contributed by atoms with van der Waals surface area (Å²) in [5.74, 6) is 0. The van der Waals surface area contributed by atoms with Gasteiger partial charge in [0.05, 0.1) is 5.69 Å². The van der Waals surface area contributed by atoms with Gasteiger partial charge in [-0.1, -0.05) is 13.3 Å². The summed E-state index contributed by atoms with van der Waals surface area (Å²) in [4.78, 5) is 2.52. The van der Waals surface area contributed by atoms with E-state index < -0.39 is 0 Å². The van der Waals surface area contributed by atoms with Gasteiger partial charge in [-0.25, -0.2) is 0 Å². The van der Waals surface area contributed by atoms with E-state index in [0.29, 0.717) is 6.04 Å². The molecule has 18 heavy (non-hydrogen) atoms. The molecule has 1 atom stereocenters. The number of aryl methyl sites for hydroxylation is 1. The lowest BCUT2D eigenvalue weighted by atomic mass is 10.0. The predicted molar refractivity (Wildman–Crippen MR) is 74.5 cm³/mol. The molecular weight excluding hydrogens is 224 g/mol. The van der Waals surface area contributed by atoms with E-state index in [-0.39, 0.29) is 0 Å². The number of nitrogens with zero attached hydrogens (tertiary/aromatic N) is 3. The van der Waals surface area contributed by atoms with Gasteiger partial charge in [0, 0.05) is 31.9 Å². The van der Waals surface area contributed by atoms with Gasteiger partial charge < -0.3 is 5.32 Å². The van der Waals surface area contributed by atoms with E-state index in [1.165, 1.54) is 31.5 Å². The van der Waals surface area contributed by atoms with Crippen LogP contribution in [0.4, 0.5) is 0 Å². The number of rotatable bonds is 6. The highest BCUT2D eigenvalue weighted by atomic mass is 15.3. The summed E-state index contributed by atoms with van der Waals surface area (Å²) < 4.78 is 2.09. The van der Waals surface area contributed by atoms with Crippen molar-refractivity contribution >= 4 is 0 Å². The van der Waals surface area contributed by atoms with E-state index in [1.54, 1.807) is 0 Å². The first kappa shape index (κ1) is 13.6. The van der Waals surface area contributed by atoms with Crippen LogP contribution in [0.5, 0.6) is 0 Å². The van der Waals surface area contributed by atoms with Crippen molar-refractivity contribution < 1.29 is 0 Å². The second-order valence-corrected chi connectivity index (χ2v) is 5.11. The maximum atomic E-state index is 4.34. The molecule has 2 rings (SSSR count). The molecule has 1 saturated heterocycles. The van der Waals surface area contributed by atoms with Gasteiger partial charge in [-0.3, -0.25) is 9.58 Å². The second-order valence-electron chi connectivity index (χ2n) is 5.11. The first-order valence-corrected chi connectivity index (χ1v) is 7.30. The quantitative estimate of drug-likeness (QED) is 0.836. The molecular formula is C14H26N4. The van der Waals surface area contributed by atoms with Crippen molar-refractivity contribution in [3.63, 3.8) is 0 Å². The summed E-state index contributed by atoms with van der Waals surface area (Å²) in [5, 5.41) is 7.97. The second kappa shape index (κ2) is 6.90. The molecule has 0 saturated carbocycles. The number of aromatic nitrogens is 2. The lowest BCUT2D eigenvalue weighted by Crippen LogP contribution is -2.43. The van der Waals surface area contributed by atoms with Crippen molar-refractivity contribution in [2.45, 2.75) is 52.2 Å². The molecule has 1 fully saturated rings. The van der Waals surface area contributed by atoms with Crippen molar-refractivity contribution in [1.29, 1.82) is 0 Å². The van der Waals surface area contributed by atoms with E-state index >= 15 is 0 Å². The Morgan fingerprint density at radius 1 is 1.44 bits per heavy atom. The first-order valence-electron chi connectivity index (χ1n) is 7.30. The summed E-state index contributed by atoms with van der Waals surface area (Å²) in [6.45, 7) is 9.82. The third-order valence-electron chi connectivity index (χ3n) is 3.83. The van der Waals surface area contributed by atoms with Crippen molar-refractivity contribution in [2.75, 3.05) is 19.6 Å². The lowest BCUT2D eigenvalue weighted by molar-refractivity contribution is 0.221. The number of hydrogen-bond donors (Lipinski definition) is 1. The highest BCUT2D eigenvalue weighted by Crippen LogP contribution is 2.11. The third kappa shape index (κ3) is 3.56. The van der Waals surface area contributed by atoms with Crippen LogP contribution in [0.25, 0.3) is 0 Å². The Balaban J connectivity index is 1.88. The SMILES string of the molecule is CCN(Cc1ccnn1CC)CC1CCCCN1. The monoisotopic (exact) mass is 250 g/mol. The van der Waals surface area contributed by atoms with Crippen LogP contribution < -0.4 is 5.32 Å². The van der Waals surface area contributed by atoms with Gasteiger partial charge >= 0.3 is 0 Å². The molecule has 4 heteroatoms. The number of piperidine rings is 1. The van der Waals surface area contributed by atoms with Gasteiger partial charge in [-0.05, 0) is 38.9 Å². The number of likely N-dealkylation sites (N-methyl/N-ethyl adjacent to an activating group) is 1. The molecule has 0 radical (unpaired) electrons. The smallest absolute Gasteiger partial charge is 0.0524 e. The van der Waals surface area contributed by atoms with Crippen molar-refractivity contribution in [3.8, 4) is 0 Å². The molecule has 0 aliphatic carbocycles. The van der Waals surface area contributed by atoms with Crippen LogP contribution in [-0.4, -0.2) is 40.4 Å². The fourth-order valence-corrected chi connectivity index (χ4v) is 2.71. The molecule has 0 amide bonds. The number of hydrogen-bond acceptors (Lipinski definition) is 3. The normalized spacial score (nSPS) is 20.5. The Labute approximate surface area is 110 Å². The summed E-state index contributed by atoms with van der Waals surface area (Å²) in [6.07, 6.45) is 5.95. The largest absolute Gasteiger partial charge is 0.313 e. The summed E-state index contributed by atoms with van der Waals surface area (Å²) >= 11 is 0. The van der Waals surface area contributed by atoms with Gasteiger partial charge in [0.2, 0.25) is 0 Å². The highest BCUT2D eigenvalue weighted by Gasteiger charge is 2.16. The first-order chi connectivity index (χ1) is 8.83. The summed E-state index contributed by atoms with van der Waals surface area (Å²) in [5.41, 5.74) is 1.33. The zero-order valence-electron chi connectivity index (χ0n) is 11.7. The molecule has 1 aliphatic rings. The van der Waals surface area contributed by atoms with E-state index in [4.69, 9.17) is 0 Å². The van der Waals surface area contributed by atoms with Gasteiger partial charge in [0.25, 0.3) is 0 Å². The minimum atomic E-state index is 0.677. The predicted octanol–water partition coefficient (Wildman–Crippen LogP) is 1.87. The summed E-state index contributed by atoms with van der Waals surface area (Å²) in [7, 11) is 0. The van der Waals surface area contributed by atoms with Crippen molar-refractivity contribution in [1.82, 2.24) is 20.0 Å². The highest BCUT2D eigenvalue weighted by molar-refractivity contribution is 5.00. The molecule has 2 heterocycles. The third-order valence-corrected chi connectivity index (χ3v) is 3.83. The Morgan fingerprint density at radius 3 is 3.00 bits per heavy atom. The molecule has 1 N–H and O–H groups in total. The molecule has 1 aromatic rings. The molecule has 1 unspecified atom stereocenters. The maximum Gasteiger partial charge on any atom is 0.0524 e. The van der Waals surface area contributed by atoms with Gasteiger partial charge in [-0.2, -0.15) is 5.10 Å². The van der Waals surface area contributed by atoms with Gasteiger partial charge in [-0.15, -0.1) is 0 Å². The summed E-state index contributed by atoms with van der Waals surface area (Å²) in [6, 6.07) is 2.82. The van der Waals surface area contributed by atoms with Crippen molar-refractivity contribution in [2.24, 2.45) is 0 Å². The molecule has 0 bridgehead atoms. The van der Waals surface area contributed by atoms with Crippen LogP contribution in [-0.2, 0) is 13.1 Å². The fourth-order valence-electron chi connectivity index (χ4n) is 2.71. The maximum absolute atomic E-state index is 4.34. The van der Waals surface area contributed by atoms with Crippen LogP contribution in [0.15, 0.2) is 12.3 Å². The Hall–Kier alpha value is -0.870. The molecule has 1 aromatic heterocycles. The zero-order chi connectivity index (χ0) is 12.8. The molecule has 0 spiro atoms. The standard InChI is InChI=1S/C14H26N4/c1-3-17(11-13-7-5-6-9-15-13)12-14-8-10-16-18(14)4-2/h8,10,13,15H,3-7,9,11-12H2,1-2H3. The zero-order valence-corrected chi connectivity index (χ0v) is 11.7. The number of nitrogens with one attached hydrogen (secondary N) is 1. The molecule has 0 aromatic carbocycles. The minimum absolute atomic E-state index is 0.677. The average molecular weight is 250 g/mol. The topological polar surface area (TPSA) is 33.1 Å². The molecule has 4 nitrogen and oxygen atoms in total. The van der Waals surface area contributed by atoms with E-state index in [1.807, 2.05) is 6.20 Å². The Morgan fingerprint density at radius 2 is 2.33 bits per heavy atom. The molecule has 1 aliphatic heterocycles. The minimum Gasteiger partial charge on any atom is -0.313 e. The van der Waals surface area contributed by atoms with Crippen molar-refractivity contribution in [3.05, 3.63) is 18.0 Å². The van der Waals surface area contributed by atoms with Crippen LogP contribution in [0, 0.1) is 0 Å².